The molecular weight excluding hydrogens is 234 g/mol. The van der Waals surface area contributed by atoms with Gasteiger partial charge in [0.15, 0.2) is 0 Å². The lowest BCUT2D eigenvalue weighted by Gasteiger charge is -2.27. The molecule has 0 radical (unpaired) electrons. The molecular formula is C13H17NO4. The van der Waals surface area contributed by atoms with Gasteiger partial charge in [0, 0.05) is 6.61 Å². The van der Waals surface area contributed by atoms with Gasteiger partial charge in [0.05, 0.1) is 18.8 Å². The van der Waals surface area contributed by atoms with Gasteiger partial charge < -0.3 is 19.9 Å². The van der Waals surface area contributed by atoms with Crippen molar-refractivity contribution in [3.05, 3.63) is 35.9 Å². The van der Waals surface area contributed by atoms with Crippen LogP contribution in [-0.4, -0.2) is 36.6 Å². The van der Waals surface area contributed by atoms with E-state index in [-0.39, 0.29) is 12.6 Å². The van der Waals surface area contributed by atoms with Gasteiger partial charge in [-0.25, -0.2) is 4.79 Å². The Hall–Kier alpha value is -1.59. The second kappa shape index (κ2) is 6.37. The molecule has 2 N–H and O–H groups in total. The number of amides is 1. The van der Waals surface area contributed by atoms with Crippen LogP contribution in [0.3, 0.4) is 0 Å². The minimum atomic E-state index is -0.567. The van der Waals surface area contributed by atoms with E-state index in [2.05, 4.69) is 5.32 Å². The van der Waals surface area contributed by atoms with Crippen LogP contribution in [0.1, 0.15) is 12.0 Å². The summed E-state index contributed by atoms with van der Waals surface area (Å²) in [5.74, 6) is 0. The Bertz CT molecular complexity index is 382. The summed E-state index contributed by atoms with van der Waals surface area (Å²) in [7, 11) is 0. The van der Waals surface area contributed by atoms with E-state index in [1.165, 1.54) is 0 Å². The minimum absolute atomic E-state index is 0.219. The third kappa shape index (κ3) is 3.72. The number of ether oxygens (including phenoxy) is 2. The number of carbonyl (C=O) groups is 1. The second-order valence-electron chi connectivity index (χ2n) is 4.24. The molecule has 0 bridgehead atoms. The lowest BCUT2D eigenvalue weighted by molar-refractivity contribution is -0.0158. The Morgan fingerprint density at radius 1 is 1.44 bits per heavy atom. The van der Waals surface area contributed by atoms with Crippen LogP contribution in [0.15, 0.2) is 30.3 Å². The third-order valence-corrected chi connectivity index (χ3v) is 2.84. The lowest BCUT2D eigenvalue weighted by Crippen LogP contribution is -2.49. The van der Waals surface area contributed by atoms with E-state index in [0.717, 1.165) is 5.56 Å². The molecule has 1 fully saturated rings. The highest BCUT2D eigenvalue weighted by Gasteiger charge is 2.25. The van der Waals surface area contributed by atoms with E-state index >= 15 is 0 Å². The molecule has 1 amide bonds. The zero-order valence-corrected chi connectivity index (χ0v) is 10.0. The average molecular weight is 251 g/mol. The summed E-state index contributed by atoms with van der Waals surface area (Å²) in [6, 6.07) is 9.05. The first-order chi connectivity index (χ1) is 8.75. The van der Waals surface area contributed by atoms with Gasteiger partial charge >= 0.3 is 6.09 Å². The maximum Gasteiger partial charge on any atom is 0.407 e. The van der Waals surface area contributed by atoms with Gasteiger partial charge in [-0.15, -0.1) is 0 Å². The predicted molar refractivity (Wildman–Crippen MR) is 65.0 cm³/mol. The van der Waals surface area contributed by atoms with Gasteiger partial charge in [0.2, 0.25) is 0 Å². The van der Waals surface area contributed by atoms with E-state index in [0.29, 0.717) is 19.6 Å². The molecule has 2 rings (SSSR count). The maximum atomic E-state index is 11.5. The monoisotopic (exact) mass is 251 g/mol. The zero-order valence-electron chi connectivity index (χ0n) is 10.0. The molecule has 2 atom stereocenters. The Labute approximate surface area is 106 Å². The van der Waals surface area contributed by atoms with Crippen molar-refractivity contribution in [1.29, 1.82) is 0 Å². The van der Waals surface area contributed by atoms with Crippen LogP contribution < -0.4 is 5.32 Å². The van der Waals surface area contributed by atoms with Crippen LogP contribution >= 0.6 is 0 Å². The van der Waals surface area contributed by atoms with Crippen LogP contribution in [-0.2, 0) is 16.1 Å². The molecule has 1 saturated heterocycles. The van der Waals surface area contributed by atoms with Gasteiger partial charge in [-0.3, -0.25) is 0 Å². The number of aliphatic hydroxyl groups is 1. The maximum absolute atomic E-state index is 11.5. The molecule has 1 aliphatic heterocycles. The zero-order chi connectivity index (χ0) is 12.8. The van der Waals surface area contributed by atoms with Crippen molar-refractivity contribution in [1.82, 2.24) is 5.32 Å². The van der Waals surface area contributed by atoms with Crippen molar-refractivity contribution in [2.75, 3.05) is 13.2 Å². The number of hydrogen-bond acceptors (Lipinski definition) is 4. The summed E-state index contributed by atoms with van der Waals surface area (Å²) in [5, 5.41) is 12.3. The van der Waals surface area contributed by atoms with Crippen LogP contribution in [0.2, 0.25) is 0 Å². The van der Waals surface area contributed by atoms with Gasteiger partial charge in [-0.2, -0.15) is 0 Å². The van der Waals surface area contributed by atoms with Crippen LogP contribution in [0, 0.1) is 0 Å². The quantitative estimate of drug-likeness (QED) is 0.843. The molecule has 98 valence electrons. The molecule has 1 aromatic carbocycles. The standard InChI is InChI=1S/C13H17NO4/c15-12-6-7-17-9-11(12)14-13(16)18-8-10-4-2-1-3-5-10/h1-5,11-12,15H,6-9H2,(H,14,16)/t11-,12+/m1/s1. The van der Waals surface area contributed by atoms with E-state index in [9.17, 15) is 9.90 Å². The number of benzene rings is 1. The smallest absolute Gasteiger partial charge is 0.407 e. The average Bonchev–Trinajstić information content (AvgIpc) is 2.40. The number of aliphatic hydroxyl groups excluding tert-OH is 1. The summed E-state index contributed by atoms with van der Waals surface area (Å²) in [4.78, 5) is 11.5. The minimum Gasteiger partial charge on any atom is -0.445 e. The lowest BCUT2D eigenvalue weighted by atomic mass is 10.1. The molecule has 0 spiro atoms. The molecule has 18 heavy (non-hydrogen) atoms. The molecule has 0 saturated carbocycles. The molecule has 1 heterocycles. The van der Waals surface area contributed by atoms with E-state index < -0.39 is 12.2 Å². The van der Waals surface area contributed by atoms with Crippen LogP contribution in [0.25, 0.3) is 0 Å². The fraction of sp³-hybridized carbons (Fsp3) is 0.462. The van der Waals surface area contributed by atoms with Gasteiger partial charge in [0.1, 0.15) is 6.61 Å². The van der Waals surface area contributed by atoms with Crippen molar-refractivity contribution in [3.63, 3.8) is 0 Å². The second-order valence-corrected chi connectivity index (χ2v) is 4.24. The van der Waals surface area contributed by atoms with Crippen molar-refractivity contribution in [3.8, 4) is 0 Å². The molecule has 1 aromatic rings. The molecule has 1 aliphatic rings. The Morgan fingerprint density at radius 3 is 2.94 bits per heavy atom. The van der Waals surface area contributed by atoms with Crippen LogP contribution in [0.5, 0.6) is 0 Å². The van der Waals surface area contributed by atoms with Gasteiger partial charge in [0.25, 0.3) is 0 Å². The Balaban J connectivity index is 1.75. The van der Waals surface area contributed by atoms with Crippen molar-refractivity contribution < 1.29 is 19.4 Å². The summed E-state index contributed by atoms with van der Waals surface area (Å²) in [6.07, 6.45) is -0.569. The fourth-order valence-corrected chi connectivity index (χ4v) is 1.78. The molecule has 0 aromatic heterocycles. The molecule has 0 unspecified atom stereocenters. The number of hydrogen-bond donors (Lipinski definition) is 2. The van der Waals surface area contributed by atoms with Crippen LogP contribution in [0.4, 0.5) is 4.79 Å². The summed E-state index contributed by atoms with van der Waals surface area (Å²) >= 11 is 0. The highest BCUT2D eigenvalue weighted by molar-refractivity contribution is 5.67. The number of alkyl carbamates (subject to hydrolysis) is 1. The van der Waals surface area contributed by atoms with E-state index in [4.69, 9.17) is 9.47 Å². The number of carbonyl (C=O) groups excluding carboxylic acids is 1. The summed E-state index contributed by atoms with van der Waals surface area (Å²) < 4.78 is 10.2. The predicted octanol–water partition coefficient (Wildman–Crippen LogP) is 1.06. The first-order valence-electron chi connectivity index (χ1n) is 5.99. The Kier molecular flexibility index (Phi) is 4.55. The summed E-state index contributed by atoms with van der Waals surface area (Å²) in [5.41, 5.74) is 0.924. The van der Waals surface area contributed by atoms with Crippen molar-refractivity contribution in [2.45, 2.75) is 25.2 Å². The SMILES string of the molecule is O=C(N[C@@H]1COCC[C@@H]1O)OCc1ccccc1. The number of rotatable bonds is 3. The molecule has 5 nitrogen and oxygen atoms in total. The van der Waals surface area contributed by atoms with Gasteiger partial charge in [-0.1, -0.05) is 30.3 Å². The highest BCUT2D eigenvalue weighted by Crippen LogP contribution is 2.08. The van der Waals surface area contributed by atoms with Crippen molar-refractivity contribution >= 4 is 6.09 Å². The first kappa shape index (κ1) is 12.9. The number of nitrogens with one attached hydrogen (secondary N) is 1. The molecule has 0 aliphatic carbocycles. The van der Waals surface area contributed by atoms with Gasteiger partial charge in [-0.05, 0) is 12.0 Å². The van der Waals surface area contributed by atoms with E-state index in [1.54, 1.807) is 0 Å². The third-order valence-electron chi connectivity index (χ3n) is 2.84. The Morgan fingerprint density at radius 2 is 2.22 bits per heavy atom. The van der Waals surface area contributed by atoms with E-state index in [1.807, 2.05) is 30.3 Å². The summed E-state index contributed by atoms with van der Waals surface area (Å²) in [6.45, 7) is 1.07. The largest absolute Gasteiger partial charge is 0.445 e. The topological polar surface area (TPSA) is 67.8 Å². The van der Waals surface area contributed by atoms with Crippen molar-refractivity contribution in [2.24, 2.45) is 0 Å². The normalized spacial score (nSPS) is 23.4. The molecule has 5 heteroatoms. The highest BCUT2D eigenvalue weighted by atomic mass is 16.5. The first-order valence-corrected chi connectivity index (χ1v) is 5.99. The fourth-order valence-electron chi connectivity index (χ4n) is 1.78.